The molecule has 11 heteroatoms. The van der Waals surface area contributed by atoms with Crippen LogP contribution in [-0.2, 0) is 16.7 Å². The van der Waals surface area contributed by atoms with Crippen LogP contribution in [0.4, 0.5) is 20.7 Å². The number of ether oxygens (including phenoxy) is 1. The third-order valence-electron chi connectivity index (χ3n) is 7.99. The molecule has 39 heavy (non-hydrogen) atoms. The highest BCUT2D eigenvalue weighted by Crippen LogP contribution is 2.63. The fourth-order valence-electron chi connectivity index (χ4n) is 6.02. The SMILES string of the molecule is N#CC1(c2cccc(-c3ccc(N4C[C@H](Cn5ccnn5)OC4=O)cc3F)n2)C2CN(c3ccccn3)CC21. The van der Waals surface area contributed by atoms with E-state index >= 15 is 4.39 Å². The molecule has 0 bridgehead atoms. The van der Waals surface area contributed by atoms with Crippen molar-refractivity contribution in [2.45, 2.75) is 18.1 Å². The topological polar surface area (TPSA) is 113 Å². The lowest BCUT2D eigenvalue weighted by atomic mass is 9.95. The normalized spacial score (nSPS) is 25.3. The molecular formula is C28H23FN8O2. The van der Waals surface area contributed by atoms with Gasteiger partial charge in [0.1, 0.15) is 23.2 Å². The van der Waals surface area contributed by atoms with E-state index in [4.69, 9.17) is 9.72 Å². The number of nitriles is 1. The summed E-state index contributed by atoms with van der Waals surface area (Å²) in [5, 5.41) is 17.9. The van der Waals surface area contributed by atoms with Crippen molar-refractivity contribution >= 4 is 17.6 Å². The van der Waals surface area contributed by atoms with Gasteiger partial charge in [0.2, 0.25) is 0 Å². The van der Waals surface area contributed by atoms with E-state index in [1.165, 1.54) is 11.0 Å². The molecule has 7 rings (SSSR count). The number of hydrogen-bond donors (Lipinski definition) is 0. The zero-order valence-electron chi connectivity index (χ0n) is 20.8. The molecule has 10 nitrogen and oxygen atoms in total. The summed E-state index contributed by atoms with van der Waals surface area (Å²) in [6.45, 7) is 2.10. The molecule has 5 heterocycles. The average Bonchev–Trinajstić information content (AvgIpc) is 3.46. The van der Waals surface area contributed by atoms with Gasteiger partial charge in [-0.3, -0.25) is 9.88 Å². The average molecular weight is 523 g/mol. The number of amides is 1. The van der Waals surface area contributed by atoms with Crippen molar-refractivity contribution in [2.75, 3.05) is 29.4 Å². The molecule has 0 N–H and O–H groups in total. The summed E-state index contributed by atoms with van der Waals surface area (Å²) in [5.41, 5.74) is 1.14. The number of aromatic nitrogens is 5. The zero-order chi connectivity index (χ0) is 26.6. The standard InChI is InChI=1S/C28H23FN8O2/c29-23-12-18(37-14-19(39-27(37)38)13-36-11-10-32-34-36)7-8-20(23)24-4-3-5-25(33-24)28(17-30)21-15-35(16-22(21)28)26-6-1-2-9-31-26/h1-12,19,21-22H,13-16H2/t19-,21?,22?,28?/m0/s1. The molecule has 1 saturated carbocycles. The van der Waals surface area contributed by atoms with E-state index in [-0.39, 0.29) is 18.4 Å². The Bertz CT molecular complexity index is 1580. The van der Waals surface area contributed by atoms with Crippen molar-refractivity contribution in [3.05, 3.63) is 84.7 Å². The van der Waals surface area contributed by atoms with Crippen molar-refractivity contribution in [3.63, 3.8) is 0 Å². The third-order valence-corrected chi connectivity index (χ3v) is 7.99. The first kappa shape index (κ1) is 23.3. The smallest absolute Gasteiger partial charge is 0.414 e. The van der Waals surface area contributed by atoms with Gasteiger partial charge in [-0.1, -0.05) is 17.3 Å². The number of carbonyl (C=O) groups is 1. The van der Waals surface area contributed by atoms with Crippen molar-refractivity contribution in [1.82, 2.24) is 25.0 Å². The van der Waals surface area contributed by atoms with Gasteiger partial charge in [0, 0.05) is 42.9 Å². The molecule has 2 saturated heterocycles. The predicted octanol–water partition coefficient (Wildman–Crippen LogP) is 3.43. The first-order chi connectivity index (χ1) is 19.1. The summed E-state index contributed by atoms with van der Waals surface area (Å²) in [7, 11) is 0. The number of fused-ring (bicyclic) bond motifs is 1. The van der Waals surface area contributed by atoms with Crippen LogP contribution < -0.4 is 9.80 Å². The van der Waals surface area contributed by atoms with Gasteiger partial charge in [-0.05, 0) is 42.5 Å². The van der Waals surface area contributed by atoms with Crippen LogP contribution in [0.2, 0.25) is 0 Å². The molecule has 1 amide bonds. The van der Waals surface area contributed by atoms with Gasteiger partial charge >= 0.3 is 6.09 Å². The van der Waals surface area contributed by atoms with Gasteiger partial charge in [-0.2, -0.15) is 5.26 Å². The summed E-state index contributed by atoms with van der Waals surface area (Å²) in [5.74, 6) is 0.692. The Morgan fingerprint density at radius 1 is 1.08 bits per heavy atom. The zero-order valence-corrected chi connectivity index (χ0v) is 20.8. The largest absolute Gasteiger partial charge is 0.442 e. The molecular weight excluding hydrogens is 499 g/mol. The van der Waals surface area contributed by atoms with Crippen LogP contribution in [0.25, 0.3) is 11.3 Å². The highest BCUT2D eigenvalue weighted by atomic mass is 19.1. The third kappa shape index (κ3) is 3.79. The van der Waals surface area contributed by atoms with Crippen molar-refractivity contribution < 1.29 is 13.9 Å². The summed E-state index contributed by atoms with van der Waals surface area (Å²) in [6.07, 6.45) is 4.05. The summed E-state index contributed by atoms with van der Waals surface area (Å²) >= 11 is 0. The van der Waals surface area contributed by atoms with E-state index in [0.29, 0.717) is 29.2 Å². The van der Waals surface area contributed by atoms with Gasteiger partial charge in [0.15, 0.2) is 0 Å². The van der Waals surface area contributed by atoms with Crippen molar-refractivity contribution in [2.24, 2.45) is 11.8 Å². The van der Waals surface area contributed by atoms with Crippen LogP contribution in [-0.4, -0.2) is 56.8 Å². The molecule has 0 radical (unpaired) electrons. The van der Waals surface area contributed by atoms with Crippen molar-refractivity contribution in [1.29, 1.82) is 5.26 Å². The van der Waals surface area contributed by atoms with Gasteiger partial charge in [0.05, 0.1) is 42.4 Å². The molecule has 0 spiro atoms. The molecule has 3 fully saturated rings. The Labute approximate surface area is 223 Å². The summed E-state index contributed by atoms with van der Waals surface area (Å²) < 4.78 is 22.4. The van der Waals surface area contributed by atoms with E-state index in [9.17, 15) is 10.1 Å². The number of pyridine rings is 2. The molecule has 2 aliphatic heterocycles. The fourth-order valence-corrected chi connectivity index (χ4v) is 6.02. The molecule has 1 aliphatic carbocycles. The van der Waals surface area contributed by atoms with Crippen LogP contribution in [0.5, 0.6) is 0 Å². The number of carbonyl (C=O) groups excluding carboxylic acids is 1. The van der Waals surface area contributed by atoms with Gasteiger partial charge in [-0.15, -0.1) is 5.10 Å². The Balaban J connectivity index is 1.10. The van der Waals surface area contributed by atoms with E-state index in [1.54, 1.807) is 41.5 Å². The van der Waals surface area contributed by atoms with E-state index in [1.807, 2.05) is 30.3 Å². The number of benzene rings is 1. The van der Waals surface area contributed by atoms with E-state index < -0.39 is 23.4 Å². The van der Waals surface area contributed by atoms with Crippen LogP contribution in [0.1, 0.15) is 5.69 Å². The van der Waals surface area contributed by atoms with Crippen LogP contribution in [0.3, 0.4) is 0 Å². The Hall–Kier alpha value is -4.85. The summed E-state index contributed by atoms with van der Waals surface area (Å²) in [6, 6.07) is 18.4. The molecule has 3 aromatic heterocycles. The van der Waals surface area contributed by atoms with E-state index in [2.05, 4.69) is 26.3 Å². The maximum atomic E-state index is 15.4. The van der Waals surface area contributed by atoms with Gasteiger partial charge in [-0.25, -0.2) is 18.9 Å². The highest BCUT2D eigenvalue weighted by Gasteiger charge is 2.71. The second kappa shape index (κ2) is 8.87. The number of piperidine rings is 1. The molecule has 194 valence electrons. The predicted molar refractivity (Wildman–Crippen MR) is 138 cm³/mol. The lowest BCUT2D eigenvalue weighted by Gasteiger charge is -2.23. The number of nitrogens with zero attached hydrogens (tertiary/aromatic N) is 8. The van der Waals surface area contributed by atoms with Crippen molar-refractivity contribution in [3.8, 4) is 17.3 Å². The molecule has 1 aromatic carbocycles. The number of halogens is 1. The maximum absolute atomic E-state index is 15.4. The summed E-state index contributed by atoms with van der Waals surface area (Å²) in [4.78, 5) is 25.3. The number of hydrogen-bond acceptors (Lipinski definition) is 8. The molecule has 2 unspecified atom stereocenters. The van der Waals surface area contributed by atoms with Crippen LogP contribution in [0.15, 0.2) is 73.2 Å². The minimum atomic E-state index is -0.684. The minimum absolute atomic E-state index is 0.145. The molecule has 3 aliphatic rings. The molecule has 3 atom stereocenters. The molecule has 4 aromatic rings. The first-order valence-corrected chi connectivity index (χ1v) is 12.7. The first-order valence-electron chi connectivity index (χ1n) is 12.7. The minimum Gasteiger partial charge on any atom is -0.442 e. The van der Waals surface area contributed by atoms with Crippen LogP contribution in [0, 0.1) is 29.0 Å². The van der Waals surface area contributed by atoms with Crippen LogP contribution >= 0.6 is 0 Å². The lowest BCUT2D eigenvalue weighted by Crippen LogP contribution is -2.30. The lowest BCUT2D eigenvalue weighted by molar-refractivity contribution is 0.129. The number of anilines is 2. The fraction of sp³-hybridized carbons (Fsp3) is 0.286. The second-order valence-electron chi connectivity index (χ2n) is 10.1. The van der Waals surface area contributed by atoms with Gasteiger partial charge in [0.25, 0.3) is 0 Å². The van der Waals surface area contributed by atoms with E-state index in [0.717, 1.165) is 18.9 Å². The second-order valence-corrected chi connectivity index (χ2v) is 10.1. The van der Waals surface area contributed by atoms with Gasteiger partial charge < -0.3 is 9.64 Å². The Morgan fingerprint density at radius 2 is 1.95 bits per heavy atom. The number of rotatable bonds is 6. The maximum Gasteiger partial charge on any atom is 0.414 e. The quantitative estimate of drug-likeness (QED) is 0.379. The Morgan fingerprint density at radius 3 is 2.67 bits per heavy atom. The monoisotopic (exact) mass is 522 g/mol. The highest BCUT2D eigenvalue weighted by molar-refractivity contribution is 5.90. The number of cyclic esters (lactones) is 1. The Kier molecular flexibility index (Phi) is 5.30.